The lowest BCUT2D eigenvalue weighted by Crippen LogP contribution is -2.47. The van der Waals surface area contributed by atoms with Crippen molar-refractivity contribution in [3.63, 3.8) is 0 Å². The Bertz CT molecular complexity index is 586. The number of nitrogens with one attached hydrogen (secondary N) is 1. The van der Waals surface area contributed by atoms with Crippen molar-refractivity contribution in [1.29, 1.82) is 0 Å². The predicted molar refractivity (Wildman–Crippen MR) is 80.4 cm³/mol. The van der Waals surface area contributed by atoms with E-state index in [4.69, 9.17) is 4.98 Å². The topological polar surface area (TPSA) is 28.7 Å². The molecule has 0 spiro atoms. The van der Waals surface area contributed by atoms with Crippen molar-refractivity contribution < 1.29 is 0 Å². The minimum atomic E-state index is 0.586. The fourth-order valence-corrected chi connectivity index (χ4v) is 5.95. The maximum Gasteiger partial charge on any atom is 0.107 e. The Morgan fingerprint density at radius 1 is 1.00 bits per heavy atom. The van der Waals surface area contributed by atoms with E-state index in [-0.39, 0.29) is 0 Å². The molecule has 1 aromatic heterocycles. The highest BCUT2D eigenvalue weighted by Gasteiger charge is 2.50. The Labute approximate surface area is 120 Å². The first kappa shape index (κ1) is 11.4. The van der Waals surface area contributed by atoms with E-state index in [0.29, 0.717) is 5.41 Å². The van der Waals surface area contributed by atoms with Gasteiger partial charge in [0.15, 0.2) is 0 Å². The molecule has 20 heavy (non-hydrogen) atoms. The molecular formula is C18H22N2. The predicted octanol–water partition coefficient (Wildman–Crippen LogP) is 4.32. The first-order valence-corrected chi connectivity index (χ1v) is 8.22. The SMILES string of the molecule is c1ccc2[nH]c(CC34CC5CC(CC(C5)C3)C4)nc2c1. The quantitative estimate of drug-likeness (QED) is 0.861. The second kappa shape index (κ2) is 3.87. The number of H-pyrrole nitrogens is 1. The molecule has 1 heterocycles. The van der Waals surface area contributed by atoms with Crippen LogP contribution in [0.4, 0.5) is 0 Å². The summed E-state index contributed by atoms with van der Waals surface area (Å²) in [4.78, 5) is 8.39. The van der Waals surface area contributed by atoms with Crippen molar-refractivity contribution in [2.45, 2.75) is 44.9 Å². The molecule has 4 aliphatic rings. The van der Waals surface area contributed by atoms with Crippen LogP contribution in [-0.4, -0.2) is 9.97 Å². The number of imidazole rings is 1. The normalized spacial score (nSPS) is 38.7. The third-order valence-corrected chi connectivity index (χ3v) is 6.15. The number of hydrogen-bond acceptors (Lipinski definition) is 1. The maximum atomic E-state index is 4.83. The van der Waals surface area contributed by atoms with Gasteiger partial charge in [0.1, 0.15) is 5.82 Å². The van der Waals surface area contributed by atoms with Gasteiger partial charge in [-0.25, -0.2) is 4.98 Å². The van der Waals surface area contributed by atoms with E-state index in [1.807, 2.05) is 0 Å². The Balaban J connectivity index is 1.48. The van der Waals surface area contributed by atoms with Crippen molar-refractivity contribution in [3.8, 4) is 0 Å². The lowest BCUT2D eigenvalue weighted by Gasteiger charge is -2.56. The average molecular weight is 266 g/mol. The van der Waals surface area contributed by atoms with Crippen LogP contribution in [0.15, 0.2) is 24.3 Å². The van der Waals surface area contributed by atoms with Crippen LogP contribution in [0.25, 0.3) is 11.0 Å². The largest absolute Gasteiger partial charge is 0.342 e. The summed E-state index contributed by atoms with van der Waals surface area (Å²) in [5.41, 5.74) is 2.92. The van der Waals surface area contributed by atoms with Gasteiger partial charge in [-0.2, -0.15) is 0 Å². The van der Waals surface area contributed by atoms with Gasteiger partial charge in [-0.05, 0) is 73.8 Å². The summed E-state index contributed by atoms with van der Waals surface area (Å²) in [6.45, 7) is 0. The van der Waals surface area contributed by atoms with Gasteiger partial charge in [0.25, 0.3) is 0 Å². The molecule has 104 valence electrons. The standard InChI is InChI=1S/C18H22N2/c1-2-4-16-15(3-1)19-17(20-16)11-18-8-12-5-13(9-18)7-14(6-12)10-18/h1-4,12-14H,5-11H2,(H,19,20). The smallest absolute Gasteiger partial charge is 0.107 e. The summed E-state index contributed by atoms with van der Waals surface area (Å²) in [6, 6.07) is 8.44. The third kappa shape index (κ3) is 1.66. The van der Waals surface area contributed by atoms with Crippen LogP contribution < -0.4 is 0 Å². The molecule has 6 rings (SSSR count). The summed E-state index contributed by atoms with van der Waals surface area (Å²) in [5.74, 6) is 4.33. The van der Waals surface area contributed by atoms with Crippen LogP contribution in [0, 0.1) is 23.2 Å². The number of aromatic amines is 1. The first-order valence-electron chi connectivity index (χ1n) is 8.22. The first-order chi connectivity index (χ1) is 9.78. The van der Waals surface area contributed by atoms with Crippen LogP contribution >= 0.6 is 0 Å². The zero-order chi connectivity index (χ0) is 13.2. The highest BCUT2D eigenvalue weighted by molar-refractivity contribution is 5.74. The molecule has 1 aromatic carbocycles. The van der Waals surface area contributed by atoms with Gasteiger partial charge in [-0.3, -0.25) is 0 Å². The Morgan fingerprint density at radius 2 is 1.65 bits per heavy atom. The van der Waals surface area contributed by atoms with Crippen LogP contribution in [0.5, 0.6) is 0 Å². The molecule has 0 aliphatic heterocycles. The van der Waals surface area contributed by atoms with E-state index in [1.165, 1.54) is 56.3 Å². The van der Waals surface area contributed by atoms with Gasteiger partial charge in [-0.1, -0.05) is 12.1 Å². The summed E-state index contributed by atoms with van der Waals surface area (Å²) in [6.07, 6.45) is 10.2. The minimum absolute atomic E-state index is 0.586. The molecule has 4 aliphatic carbocycles. The second-order valence-electron chi connectivity index (χ2n) is 7.79. The van der Waals surface area contributed by atoms with E-state index < -0.39 is 0 Å². The van der Waals surface area contributed by atoms with Gasteiger partial charge >= 0.3 is 0 Å². The summed E-state index contributed by atoms with van der Waals surface area (Å²) >= 11 is 0. The number of aromatic nitrogens is 2. The number of rotatable bonds is 2. The van der Waals surface area contributed by atoms with E-state index in [9.17, 15) is 0 Å². The zero-order valence-electron chi connectivity index (χ0n) is 11.9. The summed E-state index contributed by atoms with van der Waals surface area (Å²) < 4.78 is 0. The fourth-order valence-electron chi connectivity index (χ4n) is 5.95. The Morgan fingerprint density at radius 3 is 2.30 bits per heavy atom. The molecule has 4 fully saturated rings. The van der Waals surface area contributed by atoms with Crippen molar-refractivity contribution in [2.75, 3.05) is 0 Å². The number of hydrogen-bond donors (Lipinski definition) is 1. The number of nitrogens with zero attached hydrogens (tertiary/aromatic N) is 1. The van der Waals surface area contributed by atoms with Crippen molar-refractivity contribution >= 4 is 11.0 Å². The molecule has 0 amide bonds. The molecule has 0 unspecified atom stereocenters. The molecule has 4 bridgehead atoms. The highest BCUT2D eigenvalue weighted by atomic mass is 14.9. The fraction of sp³-hybridized carbons (Fsp3) is 0.611. The van der Waals surface area contributed by atoms with Crippen molar-refractivity contribution in [3.05, 3.63) is 30.1 Å². The molecule has 0 saturated heterocycles. The van der Waals surface area contributed by atoms with Gasteiger partial charge in [0, 0.05) is 6.42 Å². The zero-order valence-corrected chi connectivity index (χ0v) is 11.9. The number of benzene rings is 1. The van der Waals surface area contributed by atoms with E-state index in [1.54, 1.807) is 0 Å². The molecule has 0 atom stereocenters. The number of para-hydroxylation sites is 2. The number of fused-ring (bicyclic) bond motifs is 1. The van der Waals surface area contributed by atoms with E-state index in [0.717, 1.165) is 23.3 Å². The van der Waals surface area contributed by atoms with Crippen LogP contribution in [0.3, 0.4) is 0 Å². The van der Waals surface area contributed by atoms with Crippen molar-refractivity contribution in [2.24, 2.45) is 23.2 Å². The van der Waals surface area contributed by atoms with Crippen LogP contribution in [0.2, 0.25) is 0 Å². The Kier molecular flexibility index (Phi) is 2.20. The van der Waals surface area contributed by atoms with Gasteiger partial charge in [0.2, 0.25) is 0 Å². The van der Waals surface area contributed by atoms with Crippen LogP contribution in [0.1, 0.15) is 44.3 Å². The highest BCUT2D eigenvalue weighted by Crippen LogP contribution is 2.60. The second-order valence-corrected chi connectivity index (χ2v) is 7.79. The molecule has 2 nitrogen and oxygen atoms in total. The molecule has 1 N–H and O–H groups in total. The Hall–Kier alpha value is -1.31. The molecule has 0 radical (unpaired) electrons. The summed E-state index contributed by atoms with van der Waals surface area (Å²) in [7, 11) is 0. The lowest BCUT2D eigenvalue weighted by molar-refractivity contribution is -0.0530. The lowest BCUT2D eigenvalue weighted by atomic mass is 9.49. The minimum Gasteiger partial charge on any atom is -0.342 e. The molecule has 4 saturated carbocycles. The van der Waals surface area contributed by atoms with Gasteiger partial charge < -0.3 is 4.98 Å². The average Bonchev–Trinajstić information content (AvgIpc) is 2.77. The van der Waals surface area contributed by atoms with Crippen molar-refractivity contribution in [1.82, 2.24) is 9.97 Å². The summed E-state index contributed by atoms with van der Waals surface area (Å²) in [5, 5.41) is 0. The van der Waals surface area contributed by atoms with E-state index in [2.05, 4.69) is 29.2 Å². The van der Waals surface area contributed by atoms with Gasteiger partial charge in [0.05, 0.1) is 11.0 Å². The molecular weight excluding hydrogens is 244 g/mol. The van der Waals surface area contributed by atoms with Gasteiger partial charge in [-0.15, -0.1) is 0 Å². The monoisotopic (exact) mass is 266 g/mol. The molecule has 2 aromatic rings. The molecule has 2 heteroatoms. The van der Waals surface area contributed by atoms with Crippen LogP contribution in [-0.2, 0) is 6.42 Å². The van der Waals surface area contributed by atoms with E-state index >= 15 is 0 Å². The maximum absolute atomic E-state index is 4.83. The third-order valence-electron chi connectivity index (χ3n) is 6.15.